The molecule has 3 aliphatic heterocycles. The van der Waals surface area contributed by atoms with E-state index in [9.17, 15) is 9.59 Å². The predicted octanol–water partition coefficient (Wildman–Crippen LogP) is 3.40. The zero-order valence-electron chi connectivity index (χ0n) is 19.3. The van der Waals surface area contributed by atoms with Crippen molar-refractivity contribution in [3.8, 4) is 0 Å². The minimum atomic E-state index is -0.397. The molecule has 1 N–H and O–H groups in total. The highest BCUT2D eigenvalue weighted by Gasteiger charge is 2.40. The van der Waals surface area contributed by atoms with Crippen LogP contribution in [0.4, 0.5) is 0 Å². The zero-order valence-corrected chi connectivity index (χ0v) is 19.3. The fraction of sp³-hybridized carbons (Fsp3) is 0.333. The highest BCUT2D eigenvalue weighted by Crippen LogP contribution is 2.39. The number of fused-ring (bicyclic) bond motifs is 1. The van der Waals surface area contributed by atoms with E-state index in [2.05, 4.69) is 48.3 Å². The van der Waals surface area contributed by atoms with Gasteiger partial charge in [0.05, 0.1) is 11.3 Å². The van der Waals surface area contributed by atoms with Gasteiger partial charge in [0.2, 0.25) is 5.91 Å². The van der Waals surface area contributed by atoms with Crippen molar-refractivity contribution in [2.75, 3.05) is 26.2 Å². The molecule has 2 amide bonds. The number of piperazine rings is 1. The number of allylic oxidation sites excluding steroid dienone is 4. The minimum absolute atomic E-state index is 0.0113. The highest BCUT2D eigenvalue weighted by atomic mass is 16.2. The van der Waals surface area contributed by atoms with Gasteiger partial charge in [0.25, 0.3) is 5.91 Å². The van der Waals surface area contributed by atoms with E-state index in [1.807, 2.05) is 52.4 Å². The molecule has 6 heteroatoms. The van der Waals surface area contributed by atoms with Gasteiger partial charge in [-0.1, -0.05) is 48.6 Å². The highest BCUT2D eigenvalue weighted by molar-refractivity contribution is 5.97. The lowest BCUT2D eigenvalue weighted by atomic mass is 10.0. The van der Waals surface area contributed by atoms with Crippen LogP contribution in [0, 0.1) is 0 Å². The number of carbonyl (C=O) groups is 2. The van der Waals surface area contributed by atoms with E-state index in [0.717, 1.165) is 35.4 Å². The summed E-state index contributed by atoms with van der Waals surface area (Å²) >= 11 is 0. The fourth-order valence-corrected chi connectivity index (χ4v) is 5.02. The van der Waals surface area contributed by atoms with Crippen molar-refractivity contribution in [3.05, 3.63) is 89.3 Å². The van der Waals surface area contributed by atoms with Gasteiger partial charge in [0.1, 0.15) is 5.66 Å². The SMILES string of the molecule is CC1=C(c2ccccc2)N2C=C(C(=O)N3CCN(C(=O)C4=CC=CCC4)CC3)C=CC2(C)N1. The second kappa shape index (κ2) is 8.43. The Kier molecular flexibility index (Phi) is 5.44. The van der Waals surface area contributed by atoms with Gasteiger partial charge in [0.15, 0.2) is 0 Å². The van der Waals surface area contributed by atoms with Crippen LogP contribution >= 0.6 is 0 Å². The van der Waals surface area contributed by atoms with Crippen LogP contribution in [0.3, 0.4) is 0 Å². The first kappa shape index (κ1) is 21.3. The molecule has 1 unspecified atom stereocenters. The molecule has 5 rings (SSSR count). The second-order valence-corrected chi connectivity index (χ2v) is 9.14. The summed E-state index contributed by atoms with van der Waals surface area (Å²) < 4.78 is 0. The molecule has 1 saturated heterocycles. The summed E-state index contributed by atoms with van der Waals surface area (Å²) in [6, 6.07) is 10.2. The van der Waals surface area contributed by atoms with Gasteiger partial charge in [-0.2, -0.15) is 0 Å². The first-order valence-electron chi connectivity index (χ1n) is 11.7. The van der Waals surface area contributed by atoms with Gasteiger partial charge in [-0.05, 0) is 44.4 Å². The van der Waals surface area contributed by atoms with Crippen molar-refractivity contribution in [1.82, 2.24) is 20.0 Å². The van der Waals surface area contributed by atoms with Gasteiger partial charge < -0.3 is 20.0 Å². The second-order valence-electron chi connectivity index (χ2n) is 9.14. The fourth-order valence-electron chi connectivity index (χ4n) is 5.02. The van der Waals surface area contributed by atoms with E-state index in [4.69, 9.17) is 0 Å². The van der Waals surface area contributed by atoms with Crippen molar-refractivity contribution < 1.29 is 9.59 Å². The number of amides is 2. The molecular formula is C27H30N4O2. The largest absolute Gasteiger partial charge is 0.361 e. The lowest BCUT2D eigenvalue weighted by molar-refractivity contribution is -0.135. The predicted molar refractivity (Wildman–Crippen MR) is 129 cm³/mol. The Morgan fingerprint density at radius 1 is 1.00 bits per heavy atom. The summed E-state index contributed by atoms with van der Waals surface area (Å²) in [5.41, 5.74) is 4.41. The quantitative estimate of drug-likeness (QED) is 0.780. The third-order valence-corrected chi connectivity index (χ3v) is 6.83. The average molecular weight is 443 g/mol. The Balaban J connectivity index is 1.30. The van der Waals surface area contributed by atoms with E-state index < -0.39 is 5.66 Å². The molecule has 3 heterocycles. The Hall–Kier alpha value is -3.54. The Bertz CT molecular complexity index is 1120. The molecule has 0 radical (unpaired) electrons. The lowest BCUT2D eigenvalue weighted by Gasteiger charge is -2.39. The zero-order chi connectivity index (χ0) is 23.0. The summed E-state index contributed by atoms with van der Waals surface area (Å²) in [4.78, 5) is 32.0. The van der Waals surface area contributed by atoms with Crippen LogP contribution in [0.2, 0.25) is 0 Å². The van der Waals surface area contributed by atoms with E-state index in [-0.39, 0.29) is 11.8 Å². The lowest BCUT2D eigenvalue weighted by Crippen LogP contribution is -2.52. The van der Waals surface area contributed by atoms with Crippen molar-refractivity contribution in [1.29, 1.82) is 0 Å². The smallest absolute Gasteiger partial charge is 0.255 e. The molecule has 0 spiro atoms. The van der Waals surface area contributed by atoms with E-state index in [1.54, 1.807) is 0 Å². The van der Waals surface area contributed by atoms with Crippen LogP contribution in [0.1, 0.15) is 32.3 Å². The Morgan fingerprint density at radius 2 is 1.70 bits per heavy atom. The summed E-state index contributed by atoms with van der Waals surface area (Å²) in [6.45, 7) is 6.42. The summed E-state index contributed by atoms with van der Waals surface area (Å²) in [6.07, 6.45) is 13.6. The van der Waals surface area contributed by atoms with Gasteiger partial charge in [-0.3, -0.25) is 9.59 Å². The summed E-state index contributed by atoms with van der Waals surface area (Å²) in [7, 11) is 0. The molecule has 1 aromatic rings. The number of benzene rings is 1. The third kappa shape index (κ3) is 3.90. The summed E-state index contributed by atoms with van der Waals surface area (Å²) in [5, 5.41) is 3.56. The average Bonchev–Trinajstić information content (AvgIpc) is 3.13. The topological polar surface area (TPSA) is 55.9 Å². The van der Waals surface area contributed by atoms with Crippen molar-refractivity contribution in [2.24, 2.45) is 0 Å². The van der Waals surface area contributed by atoms with Gasteiger partial charge in [-0.15, -0.1) is 0 Å². The monoisotopic (exact) mass is 442 g/mol. The molecule has 33 heavy (non-hydrogen) atoms. The first-order valence-corrected chi connectivity index (χ1v) is 11.7. The maximum atomic E-state index is 13.4. The van der Waals surface area contributed by atoms with Crippen LogP contribution in [0.15, 0.2) is 83.8 Å². The van der Waals surface area contributed by atoms with Crippen LogP contribution in [0.25, 0.3) is 5.70 Å². The molecule has 0 bridgehead atoms. The number of nitrogens with one attached hydrogen (secondary N) is 1. The molecule has 170 valence electrons. The molecule has 0 saturated carbocycles. The van der Waals surface area contributed by atoms with Crippen molar-refractivity contribution in [3.63, 3.8) is 0 Å². The van der Waals surface area contributed by atoms with Crippen molar-refractivity contribution >= 4 is 17.5 Å². The molecule has 1 atom stereocenters. The number of hydrogen-bond donors (Lipinski definition) is 1. The van der Waals surface area contributed by atoms with Crippen LogP contribution in [-0.2, 0) is 9.59 Å². The van der Waals surface area contributed by atoms with Gasteiger partial charge in [-0.25, -0.2) is 0 Å². The molecule has 6 nitrogen and oxygen atoms in total. The maximum absolute atomic E-state index is 13.4. The normalized spacial score (nSPS) is 24.4. The molecule has 0 aromatic heterocycles. The number of hydrogen-bond acceptors (Lipinski definition) is 4. The number of rotatable bonds is 3. The van der Waals surface area contributed by atoms with Crippen molar-refractivity contribution in [2.45, 2.75) is 32.4 Å². The Labute approximate surface area is 195 Å². The molecule has 1 aliphatic carbocycles. The molecule has 1 aromatic carbocycles. The van der Waals surface area contributed by atoms with Crippen LogP contribution in [0.5, 0.6) is 0 Å². The third-order valence-electron chi connectivity index (χ3n) is 6.83. The number of carbonyl (C=O) groups excluding carboxylic acids is 2. The van der Waals surface area contributed by atoms with E-state index >= 15 is 0 Å². The van der Waals surface area contributed by atoms with E-state index in [0.29, 0.717) is 31.8 Å². The maximum Gasteiger partial charge on any atom is 0.255 e. The molecule has 1 fully saturated rings. The Morgan fingerprint density at radius 3 is 2.36 bits per heavy atom. The van der Waals surface area contributed by atoms with Crippen LogP contribution in [-0.4, -0.2) is 58.4 Å². The van der Waals surface area contributed by atoms with Gasteiger partial charge in [0, 0.05) is 43.6 Å². The standard InChI is InChI=1S/C27H30N4O2/c1-20-24(21-9-5-3-6-10-21)31-19-23(13-14-27(31,2)28-20)26(33)30-17-15-29(16-18-30)25(32)22-11-7-4-8-12-22/h3-7,9-11,13-14,19,28H,8,12,15-18H2,1-2H3. The van der Waals surface area contributed by atoms with E-state index in [1.165, 1.54) is 0 Å². The number of nitrogens with zero attached hydrogens (tertiary/aromatic N) is 3. The molecular weight excluding hydrogens is 412 g/mol. The molecule has 4 aliphatic rings. The van der Waals surface area contributed by atoms with Gasteiger partial charge >= 0.3 is 0 Å². The minimum Gasteiger partial charge on any atom is -0.361 e. The van der Waals surface area contributed by atoms with Crippen LogP contribution < -0.4 is 5.32 Å². The summed E-state index contributed by atoms with van der Waals surface area (Å²) in [5.74, 6) is 0.118. The first-order chi connectivity index (χ1) is 16.0.